The van der Waals surface area contributed by atoms with E-state index in [1.165, 1.54) is 11.8 Å². The molecule has 0 radical (unpaired) electrons. The monoisotopic (exact) mass is 220 g/mol. The van der Waals surface area contributed by atoms with Crippen LogP contribution < -0.4 is 5.32 Å². The number of nitrogens with zero attached hydrogens (tertiary/aromatic N) is 1. The van der Waals surface area contributed by atoms with Crippen LogP contribution in [0.5, 0.6) is 0 Å². The Kier molecular flexibility index (Phi) is 3.95. The van der Waals surface area contributed by atoms with E-state index in [0.717, 1.165) is 12.3 Å². The number of nitrogens with one attached hydrogen (secondary N) is 1. The van der Waals surface area contributed by atoms with Gasteiger partial charge >= 0.3 is 5.97 Å². The second-order valence-electron chi connectivity index (χ2n) is 2.68. The van der Waals surface area contributed by atoms with E-state index < -0.39 is 11.3 Å². The van der Waals surface area contributed by atoms with E-state index in [-0.39, 0.29) is 0 Å². The van der Waals surface area contributed by atoms with Crippen LogP contribution in [0.1, 0.15) is 0 Å². The minimum Gasteiger partial charge on any atom is -0.479 e. The van der Waals surface area contributed by atoms with Crippen molar-refractivity contribution in [3.05, 3.63) is 0 Å². The molecule has 1 atom stereocenters. The molecule has 0 aliphatic carbocycles. The first kappa shape index (κ1) is 10.7. The van der Waals surface area contributed by atoms with Gasteiger partial charge in [-0.25, -0.2) is 4.79 Å². The van der Waals surface area contributed by atoms with Crippen molar-refractivity contribution in [1.29, 1.82) is 0 Å². The Morgan fingerprint density at radius 3 is 3.08 bits per heavy atom. The molecule has 0 amide bonds. The summed E-state index contributed by atoms with van der Waals surface area (Å²) >= 11 is 6.52. The largest absolute Gasteiger partial charge is 0.479 e. The fourth-order valence-corrected chi connectivity index (χ4v) is 2.67. The molecule has 0 aromatic rings. The van der Waals surface area contributed by atoms with Crippen molar-refractivity contribution in [2.24, 2.45) is 0 Å². The molecule has 0 aromatic carbocycles. The fraction of sp³-hybridized carbons (Fsp3) is 0.714. The van der Waals surface area contributed by atoms with Gasteiger partial charge in [0.25, 0.3) is 0 Å². The molecule has 4 nitrogen and oxygen atoms in total. The fourth-order valence-electron chi connectivity index (χ4n) is 1.18. The lowest BCUT2D eigenvalue weighted by atomic mass is 10.4. The molecule has 1 aliphatic heterocycles. The topological polar surface area (TPSA) is 52.6 Å². The second-order valence-corrected chi connectivity index (χ2v) is 4.34. The van der Waals surface area contributed by atoms with Crippen molar-refractivity contribution in [2.45, 2.75) is 5.37 Å². The SMILES string of the molecule is CNCC(=S)N1CCSC1C(=O)O. The highest BCUT2D eigenvalue weighted by atomic mass is 32.2. The number of rotatable bonds is 3. The molecule has 0 spiro atoms. The van der Waals surface area contributed by atoms with E-state index in [9.17, 15) is 4.79 Å². The van der Waals surface area contributed by atoms with Gasteiger partial charge in [-0.05, 0) is 7.05 Å². The number of carboxylic acids is 1. The minimum atomic E-state index is -0.805. The molecule has 1 rings (SSSR count). The molecule has 2 N–H and O–H groups in total. The lowest BCUT2D eigenvalue weighted by molar-refractivity contribution is -0.138. The number of likely N-dealkylation sites (N-methyl/N-ethyl adjacent to an activating group) is 1. The van der Waals surface area contributed by atoms with Gasteiger partial charge < -0.3 is 15.3 Å². The number of hydrogen-bond acceptors (Lipinski definition) is 4. The Balaban J connectivity index is 2.57. The van der Waals surface area contributed by atoms with Crippen molar-refractivity contribution in [3.8, 4) is 0 Å². The summed E-state index contributed by atoms with van der Waals surface area (Å²) in [5, 5.41) is 11.3. The van der Waals surface area contributed by atoms with Crippen LogP contribution in [0.4, 0.5) is 0 Å². The van der Waals surface area contributed by atoms with Crippen LogP contribution in [-0.4, -0.2) is 52.2 Å². The highest BCUT2D eigenvalue weighted by molar-refractivity contribution is 8.00. The summed E-state index contributed by atoms with van der Waals surface area (Å²) in [5.74, 6) is 0.0295. The standard InChI is InChI=1S/C7H12N2O2S2/c1-8-4-5(12)9-2-3-13-6(9)7(10)11/h6,8H,2-4H2,1H3,(H,10,11). The van der Waals surface area contributed by atoms with Gasteiger partial charge in [0, 0.05) is 18.8 Å². The zero-order valence-electron chi connectivity index (χ0n) is 7.32. The molecule has 6 heteroatoms. The molecular weight excluding hydrogens is 208 g/mol. The lowest BCUT2D eigenvalue weighted by Crippen LogP contribution is -2.42. The third-order valence-corrected chi connectivity index (χ3v) is 3.32. The summed E-state index contributed by atoms with van der Waals surface area (Å²) < 4.78 is 0. The molecule has 0 bridgehead atoms. The van der Waals surface area contributed by atoms with Crippen molar-refractivity contribution in [2.75, 3.05) is 25.9 Å². The van der Waals surface area contributed by atoms with Gasteiger partial charge in [-0.3, -0.25) is 0 Å². The smallest absolute Gasteiger partial charge is 0.336 e. The molecule has 1 fully saturated rings. The average Bonchev–Trinajstić information content (AvgIpc) is 2.52. The quantitative estimate of drug-likeness (QED) is 0.653. The van der Waals surface area contributed by atoms with Gasteiger partial charge in [0.15, 0.2) is 5.37 Å². The summed E-state index contributed by atoms with van der Waals surface area (Å²) in [7, 11) is 1.80. The van der Waals surface area contributed by atoms with Gasteiger partial charge in [-0.1, -0.05) is 12.2 Å². The van der Waals surface area contributed by atoms with Gasteiger partial charge in [-0.2, -0.15) is 0 Å². The maximum Gasteiger partial charge on any atom is 0.336 e. The van der Waals surface area contributed by atoms with Gasteiger partial charge in [-0.15, -0.1) is 11.8 Å². The first-order chi connectivity index (χ1) is 6.16. The van der Waals surface area contributed by atoms with Crippen LogP contribution in [-0.2, 0) is 4.79 Å². The first-order valence-corrected chi connectivity index (χ1v) is 5.41. The van der Waals surface area contributed by atoms with Crippen molar-refractivity contribution in [3.63, 3.8) is 0 Å². The Morgan fingerprint density at radius 2 is 2.54 bits per heavy atom. The number of thiocarbonyl (C=S) groups is 1. The van der Waals surface area contributed by atoms with Crippen molar-refractivity contribution >= 4 is 34.9 Å². The highest BCUT2D eigenvalue weighted by Gasteiger charge is 2.32. The average molecular weight is 220 g/mol. The lowest BCUT2D eigenvalue weighted by Gasteiger charge is -2.22. The van der Waals surface area contributed by atoms with Crippen molar-refractivity contribution < 1.29 is 9.90 Å². The number of carboxylic acid groups (broad SMARTS) is 1. The van der Waals surface area contributed by atoms with Gasteiger partial charge in [0.2, 0.25) is 0 Å². The summed E-state index contributed by atoms with van der Waals surface area (Å²) in [4.78, 5) is 13.2. The molecule has 74 valence electrons. The Morgan fingerprint density at radius 1 is 1.85 bits per heavy atom. The Labute approximate surface area is 86.7 Å². The minimum absolute atomic E-state index is 0.485. The number of hydrogen-bond donors (Lipinski definition) is 2. The van der Waals surface area contributed by atoms with E-state index in [1.54, 1.807) is 11.9 Å². The number of thioether (sulfide) groups is 1. The highest BCUT2D eigenvalue weighted by Crippen LogP contribution is 2.23. The Bertz CT molecular complexity index is 223. The Hall–Kier alpha value is -0.330. The van der Waals surface area contributed by atoms with Crippen LogP contribution >= 0.6 is 24.0 Å². The molecule has 1 saturated heterocycles. The number of aliphatic carboxylic acids is 1. The molecule has 1 aliphatic rings. The normalized spacial score (nSPS) is 21.9. The van der Waals surface area contributed by atoms with E-state index in [0.29, 0.717) is 11.5 Å². The van der Waals surface area contributed by atoms with E-state index in [2.05, 4.69) is 5.32 Å². The van der Waals surface area contributed by atoms with E-state index in [4.69, 9.17) is 17.3 Å². The summed E-state index contributed by atoms with van der Waals surface area (Å²) in [6.45, 7) is 1.31. The van der Waals surface area contributed by atoms with E-state index in [1.807, 2.05) is 0 Å². The predicted octanol–water partition coefficient (Wildman–Crippen LogP) is -0.00730. The molecule has 1 unspecified atom stereocenters. The predicted molar refractivity (Wildman–Crippen MR) is 57.1 cm³/mol. The van der Waals surface area contributed by atoms with Gasteiger partial charge in [0.05, 0.1) is 4.99 Å². The first-order valence-electron chi connectivity index (χ1n) is 3.95. The van der Waals surface area contributed by atoms with E-state index >= 15 is 0 Å². The molecule has 0 aromatic heterocycles. The maximum absolute atomic E-state index is 10.8. The van der Waals surface area contributed by atoms with Crippen LogP contribution in [0.2, 0.25) is 0 Å². The second kappa shape index (κ2) is 4.78. The number of carbonyl (C=O) groups is 1. The van der Waals surface area contributed by atoms with Crippen molar-refractivity contribution in [1.82, 2.24) is 10.2 Å². The van der Waals surface area contributed by atoms with Crippen LogP contribution in [0.3, 0.4) is 0 Å². The summed E-state index contributed by atoms with van der Waals surface area (Å²) in [5.41, 5.74) is 0. The van der Waals surface area contributed by atoms with Crippen LogP contribution in [0.15, 0.2) is 0 Å². The third kappa shape index (κ3) is 2.55. The zero-order valence-corrected chi connectivity index (χ0v) is 8.95. The summed E-state index contributed by atoms with van der Waals surface area (Å²) in [6, 6.07) is 0. The molecule has 13 heavy (non-hydrogen) atoms. The maximum atomic E-state index is 10.8. The molecule has 0 saturated carbocycles. The van der Waals surface area contributed by atoms with Gasteiger partial charge in [0.1, 0.15) is 0 Å². The van der Waals surface area contributed by atoms with Crippen LogP contribution in [0.25, 0.3) is 0 Å². The molecule has 1 heterocycles. The zero-order chi connectivity index (χ0) is 9.84. The summed E-state index contributed by atoms with van der Waals surface area (Å²) in [6.07, 6.45) is 0. The molecular formula is C7H12N2O2S2. The third-order valence-electron chi connectivity index (χ3n) is 1.75. The van der Waals surface area contributed by atoms with Crippen LogP contribution in [0, 0.1) is 0 Å².